The fraction of sp³-hybridized carbons (Fsp3) is 0.571. The van der Waals surface area contributed by atoms with Gasteiger partial charge in [-0.05, 0) is 44.9 Å². The quantitative estimate of drug-likeness (QED) is 0.752. The van der Waals surface area contributed by atoms with Crippen LogP contribution in [0.5, 0.6) is 5.75 Å². The van der Waals surface area contributed by atoms with E-state index in [0.29, 0.717) is 6.04 Å². The standard InChI is InChI=1S/C14H23NOS/c1-11-6-7-14(16-3)13(10-11)12(2)15-8-5-9-17-4/h6-7,10,12,15H,5,8-9H2,1-4H3. The van der Waals surface area contributed by atoms with Gasteiger partial charge >= 0.3 is 0 Å². The molecule has 0 aliphatic carbocycles. The van der Waals surface area contributed by atoms with Gasteiger partial charge in [0.1, 0.15) is 5.75 Å². The maximum Gasteiger partial charge on any atom is 0.123 e. The molecule has 17 heavy (non-hydrogen) atoms. The highest BCUT2D eigenvalue weighted by Gasteiger charge is 2.10. The Morgan fingerprint density at radius 1 is 1.41 bits per heavy atom. The Kier molecular flexibility index (Phi) is 6.45. The minimum Gasteiger partial charge on any atom is -0.496 e. The van der Waals surface area contributed by atoms with E-state index in [1.54, 1.807) is 7.11 Å². The molecule has 0 bridgehead atoms. The van der Waals surface area contributed by atoms with Crippen molar-refractivity contribution >= 4 is 11.8 Å². The lowest BCUT2D eigenvalue weighted by molar-refractivity contribution is 0.401. The first kappa shape index (κ1) is 14.4. The molecule has 96 valence electrons. The third kappa shape index (κ3) is 4.60. The van der Waals surface area contributed by atoms with Gasteiger partial charge in [-0.3, -0.25) is 0 Å². The van der Waals surface area contributed by atoms with Crippen LogP contribution in [0.15, 0.2) is 18.2 Å². The van der Waals surface area contributed by atoms with Gasteiger partial charge in [-0.2, -0.15) is 11.8 Å². The minimum atomic E-state index is 0.340. The van der Waals surface area contributed by atoms with Gasteiger partial charge in [0.25, 0.3) is 0 Å². The highest BCUT2D eigenvalue weighted by Crippen LogP contribution is 2.25. The van der Waals surface area contributed by atoms with Crippen LogP contribution in [0.3, 0.4) is 0 Å². The summed E-state index contributed by atoms with van der Waals surface area (Å²) in [5.74, 6) is 2.19. The van der Waals surface area contributed by atoms with E-state index in [9.17, 15) is 0 Å². The third-order valence-electron chi connectivity index (χ3n) is 2.83. The molecular weight excluding hydrogens is 230 g/mol. The first-order valence-electron chi connectivity index (χ1n) is 6.06. The zero-order chi connectivity index (χ0) is 12.7. The number of benzene rings is 1. The van der Waals surface area contributed by atoms with Crippen molar-refractivity contribution < 1.29 is 4.74 Å². The molecule has 0 saturated carbocycles. The van der Waals surface area contributed by atoms with Gasteiger partial charge in [0.05, 0.1) is 7.11 Å². The fourth-order valence-electron chi connectivity index (χ4n) is 1.84. The van der Waals surface area contributed by atoms with Gasteiger partial charge in [0.2, 0.25) is 0 Å². The molecule has 0 heterocycles. The Bertz CT molecular complexity index is 341. The van der Waals surface area contributed by atoms with Crippen LogP contribution >= 0.6 is 11.8 Å². The molecule has 0 aliphatic heterocycles. The summed E-state index contributed by atoms with van der Waals surface area (Å²) in [6.07, 6.45) is 3.35. The summed E-state index contributed by atoms with van der Waals surface area (Å²) in [7, 11) is 1.73. The van der Waals surface area contributed by atoms with Crippen LogP contribution in [0.4, 0.5) is 0 Å². The first-order chi connectivity index (χ1) is 8.19. The molecule has 2 nitrogen and oxygen atoms in total. The molecule has 0 aliphatic rings. The Balaban J connectivity index is 2.60. The largest absolute Gasteiger partial charge is 0.496 e. The van der Waals surface area contributed by atoms with E-state index in [2.05, 4.69) is 37.6 Å². The maximum atomic E-state index is 5.40. The number of hydrogen-bond acceptors (Lipinski definition) is 3. The Hall–Kier alpha value is -0.670. The van der Waals surface area contributed by atoms with Gasteiger partial charge in [0.15, 0.2) is 0 Å². The summed E-state index contributed by atoms with van der Waals surface area (Å²) in [6.45, 7) is 5.36. The predicted molar refractivity (Wildman–Crippen MR) is 77.1 cm³/mol. The summed E-state index contributed by atoms with van der Waals surface area (Å²) in [5.41, 5.74) is 2.52. The molecule has 1 unspecified atom stereocenters. The number of nitrogens with one attached hydrogen (secondary N) is 1. The summed E-state index contributed by atoms with van der Waals surface area (Å²) in [4.78, 5) is 0. The van der Waals surface area contributed by atoms with E-state index in [1.807, 2.05) is 17.8 Å². The zero-order valence-corrected chi connectivity index (χ0v) is 12.1. The average Bonchev–Trinajstić information content (AvgIpc) is 2.34. The second-order valence-corrected chi connectivity index (χ2v) is 5.25. The van der Waals surface area contributed by atoms with E-state index in [-0.39, 0.29) is 0 Å². The second kappa shape index (κ2) is 7.62. The highest BCUT2D eigenvalue weighted by atomic mass is 32.2. The number of methoxy groups -OCH3 is 1. The van der Waals surface area contributed by atoms with Gasteiger partial charge in [-0.15, -0.1) is 0 Å². The van der Waals surface area contributed by atoms with Gasteiger partial charge in [-0.1, -0.05) is 17.7 Å². The van der Waals surface area contributed by atoms with E-state index in [1.165, 1.54) is 23.3 Å². The van der Waals surface area contributed by atoms with Crippen LogP contribution in [-0.2, 0) is 0 Å². The SMILES string of the molecule is COc1ccc(C)cc1C(C)NCCCSC. The monoisotopic (exact) mass is 253 g/mol. The molecule has 1 atom stereocenters. The van der Waals surface area contributed by atoms with Gasteiger partial charge in [-0.25, -0.2) is 0 Å². The normalized spacial score (nSPS) is 12.5. The number of rotatable bonds is 7. The topological polar surface area (TPSA) is 21.3 Å². The van der Waals surface area contributed by atoms with Crippen LogP contribution < -0.4 is 10.1 Å². The van der Waals surface area contributed by atoms with Crippen LogP contribution in [0.25, 0.3) is 0 Å². The average molecular weight is 253 g/mol. The summed E-state index contributed by atoms with van der Waals surface area (Å²) in [6, 6.07) is 6.67. The van der Waals surface area contributed by atoms with Gasteiger partial charge in [0, 0.05) is 11.6 Å². The van der Waals surface area contributed by atoms with Crippen molar-refractivity contribution in [1.29, 1.82) is 0 Å². The number of ether oxygens (including phenoxy) is 1. The lowest BCUT2D eigenvalue weighted by atomic mass is 10.0. The van der Waals surface area contributed by atoms with E-state index < -0.39 is 0 Å². The molecular formula is C14H23NOS. The van der Waals surface area contributed by atoms with Crippen LogP contribution in [0.1, 0.15) is 30.5 Å². The Morgan fingerprint density at radius 2 is 2.18 bits per heavy atom. The van der Waals surface area contributed by atoms with Crippen molar-refractivity contribution in [3.8, 4) is 5.75 Å². The van der Waals surface area contributed by atoms with Crippen molar-refractivity contribution in [2.75, 3.05) is 25.7 Å². The van der Waals surface area contributed by atoms with Crippen LogP contribution in [0, 0.1) is 6.92 Å². The molecule has 0 aromatic heterocycles. The predicted octanol–water partition coefficient (Wildman–Crippen LogP) is 3.41. The zero-order valence-electron chi connectivity index (χ0n) is 11.2. The molecule has 3 heteroatoms. The van der Waals surface area contributed by atoms with E-state index >= 15 is 0 Å². The summed E-state index contributed by atoms with van der Waals surface area (Å²) in [5, 5.41) is 3.54. The smallest absolute Gasteiger partial charge is 0.123 e. The molecule has 0 amide bonds. The molecule has 1 N–H and O–H groups in total. The molecule has 1 rings (SSSR count). The second-order valence-electron chi connectivity index (χ2n) is 4.27. The van der Waals surface area contributed by atoms with Crippen molar-refractivity contribution in [1.82, 2.24) is 5.32 Å². The first-order valence-corrected chi connectivity index (χ1v) is 7.45. The molecule has 1 aromatic rings. The number of hydrogen-bond donors (Lipinski definition) is 1. The van der Waals surface area contributed by atoms with E-state index in [0.717, 1.165) is 12.3 Å². The Morgan fingerprint density at radius 3 is 2.82 bits per heavy atom. The van der Waals surface area contributed by atoms with Crippen molar-refractivity contribution in [2.45, 2.75) is 26.3 Å². The van der Waals surface area contributed by atoms with Crippen LogP contribution in [0.2, 0.25) is 0 Å². The molecule has 0 saturated heterocycles. The highest BCUT2D eigenvalue weighted by molar-refractivity contribution is 7.98. The summed E-state index contributed by atoms with van der Waals surface area (Å²) < 4.78 is 5.40. The van der Waals surface area contributed by atoms with Crippen molar-refractivity contribution in [2.24, 2.45) is 0 Å². The van der Waals surface area contributed by atoms with Crippen molar-refractivity contribution in [3.05, 3.63) is 29.3 Å². The molecule has 0 spiro atoms. The molecule has 1 aromatic carbocycles. The third-order valence-corrected chi connectivity index (χ3v) is 3.52. The molecule has 0 radical (unpaired) electrons. The summed E-state index contributed by atoms with van der Waals surface area (Å²) >= 11 is 1.89. The van der Waals surface area contributed by atoms with E-state index in [4.69, 9.17) is 4.74 Å². The minimum absolute atomic E-state index is 0.340. The fourth-order valence-corrected chi connectivity index (χ4v) is 2.27. The van der Waals surface area contributed by atoms with Gasteiger partial charge < -0.3 is 10.1 Å². The lowest BCUT2D eigenvalue weighted by Crippen LogP contribution is -2.20. The Labute approximate surface area is 109 Å². The number of thioether (sulfide) groups is 1. The lowest BCUT2D eigenvalue weighted by Gasteiger charge is -2.17. The van der Waals surface area contributed by atoms with Crippen LogP contribution in [-0.4, -0.2) is 25.7 Å². The maximum absolute atomic E-state index is 5.40. The number of aryl methyl sites for hydroxylation is 1. The molecule has 0 fully saturated rings. The van der Waals surface area contributed by atoms with Crippen molar-refractivity contribution in [3.63, 3.8) is 0 Å².